The van der Waals surface area contributed by atoms with Crippen molar-refractivity contribution < 1.29 is 4.39 Å². The number of hydrogen-bond acceptors (Lipinski definition) is 0. The van der Waals surface area contributed by atoms with Crippen LogP contribution in [-0.2, 0) is 12.8 Å². The molecule has 0 bridgehead atoms. The lowest BCUT2D eigenvalue weighted by molar-refractivity contribution is 0.556. The summed E-state index contributed by atoms with van der Waals surface area (Å²) in [6.07, 6.45) is 13.6. The van der Waals surface area contributed by atoms with Gasteiger partial charge in [-0.3, -0.25) is 0 Å². The van der Waals surface area contributed by atoms with Crippen LogP contribution in [0.4, 0.5) is 4.39 Å². The molecule has 2 saturated carbocycles. The largest absolute Gasteiger partial charge is 0.207 e. The van der Waals surface area contributed by atoms with E-state index in [0.29, 0.717) is 5.92 Å². The van der Waals surface area contributed by atoms with Crippen molar-refractivity contribution >= 4 is 0 Å². The Labute approximate surface area is 206 Å². The summed E-state index contributed by atoms with van der Waals surface area (Å²) in [4.78, 5) is 0. The molecule has 180 valence electrons. The van der Waals surface area contributed by atoms with Crippen LogP contribution in [0.1, 0.15) is 75.6 Å². The van der Waals surface area contributed by atoms with Crippen molar-refractivity contribution in [2.45, 2.75) is 80.1 Å². The lowest BCUT2D eigenvalue weighted by Crippen LogP contribution is -2.08. The average molecular weight is 457 g/mol. The molecule has 0 aliphatic heterocycles. The Morgan fingerprint density at radius 1 is 1.09 bits per heavy atom. The zero-order valence-corrected chi connectivity index (χ0v) is 22.0. The predicted molar refractivity (Wildman–Crippen MR) is 145 cm³/mol. The number of aryl methyl sites for hydroxylation is 3. The maximum atomic E-state index is 15.0. The molecular weight excluding hydrogens is 415 g/mol. The van der Waals surface area contributed by atoms with Crippen LogP contribution in [0, 0.1) is 37.4 Å². The van der Waals surface area contributed by atoms with Crippen molar-refractivity contribution in [2.75, 3.05) is 0 Å². The molecule has 1 heteroatoms. The van der Waals surface area contributed by atoms with Crippen LogP contribution >= 0.6 is 0 Å². The molecule has 2 aliphatic carbocycles. The van der Waals surface area contributed by atoms with E-state index in [2.05, 4.69) is 78.0 Å². The molecule has 0 radical (unpaired) electrons. The fourth-order valence-electron chi connectivity index (χ4n) is 6.26. The van der Waals surface area contributed by atoms with Gasteiger partial charge in [0.1, 0.15) is 5.82 Å². The lowest BCUT2D eigenvalue weighted by atomic mass is 9.85. The van der Waals surface area contributed by atoms with Crippen molar-refractivity contribution in [1.29, 1.82) is 0 Å². The summed E-state index contributed by atoms with van der Waals surface area (Å²) in [5.41, 5.74) is 11.6. The molecule has 0 aromatic heterocycles. The summed E-state index contributed by atoms with van der Waals surface area (Å²) in [5.74, 6) is 1.92. The van der Waals surface area contributed by atoms with Crippen molar-refractivity contribution in [1.82, 2.24) is 0 Å². The molecule has 0 nitrogen and oxygen atoms in total. The second-order valence-electron chi connectivity index (χ2n) is 10.5. The molecule has 2 fully saturated rings. The Hall–Kier alpha value is -2.41. The van der Waals surface area contributed by atoms with Crippen LogP contribution < -0.4 is 0 Å². The summed E-state index contributed by atoms with van der Waals surface area (Å²) >= 11 is 0. The molecule has 0 spiro atoms. The van der Waals surface area contributed by atoms with E-state index in [-0.39, 0.29) is 5.82 Å². The Bertz CT molecular complexity index is 1120. The quantitative estimate of drug-likeness (QED) is 0.371. The minimum atomic E-state index is -0.0838. The fraction of sp³-hybridized carbons (Fsp3) is 0.455. The maximum Gasteiger partial charge on any atom is 0.126 e. The van der Waals surface area contributed by atoms with Gasteiger partial charge in [-0.15, -0.1) is 0 Å². The van der Waals surface area contributed by atoms with Gasteiger partial charge in [-0.2, -0.15) is 0 Å². The third-order valence-corrected chi connectivity index (χ3v) is 8.06. The number of benzene rings is 2. The Kier molecular flexibility index (Phi) is 7.60. The van der Waals surface area contributed by atoms with E-state index in [1.807, 2.05) is 6.07 Å². The van der Waals surface area contributed by atoms with E-state index in [9.17, 15) is 0 Å². The van der Waals surface area contributed by atoms with Gasteiger partial charge in [0, 0.05) is 0 Å². The van der Waals surface area contributed by atoms with Gasteiger partial charge in [-0.1, -0.05) is 56.7 Å². The van der Waals surface area contributed by atoms with E-state index in [1.165, 1.54) is 46.2 Å². The van der Waals surface area contributed by atoms with Crippen molar-refractivity contribution in [2.24, 2.45) is 17.8 Å². The van der Waals surface area contributed by atoms with E-state index < -0.39 is 0 Å². The van der Waals surface area contributed by atoms with Gasteiger partial charge < -0.3 is 0 Å². The highest BCUT2D eigenvalue weighted by atomic mass is 19.1. The Morgan fingerprint density at radius 3 is 2.44 bits per heavy atom. The molecule has 34 heavy (non-hydrogen) atoms. The van der Waals surface area contributed by atoms with Crippen molar-refractivity contribution in [3.05, 3.63) is 93.4 Å². The standard InChI is InChI=1S/C33H41F/c1-7-11-23-14-21(5)33(22(6)15-23)26-12-13-32(34)29(18-26)17-25(9-3)24(8-2)16-27-19-28-20-31(28)30(27)10-4/h8,10,12-16,18,25,28,31H,7,9,11,17,19-20H2,1-6H3/b24-8-,27-16-,30-10+. The molecule has 2 aromatic carbocycles. The van der Waals surface area contributed by atoms with E-state index in [4.69, 9.17) is 0 Å². The monoisotopic (exact) mass is 456 g/mol. The van der Waals surface area contributed by atoms with Gasteiger partial charge in [0.2, 0.25) is 0 Å². The lowest BCUT2D eigenvalue weighted by Gasteiger charge is -2.20. The number of hydrogen-bond donors (Lipinski definition) is 0. The molecule has 2 aromatic rings. The SMILES string of the molecule is C\C=C1/C(=C\C(=C\C)C(CC)Cc2cc(-c3c(C)cc(CCC)cc3C)ccc2F)CC2CC12. The number of allylic oxidation sites excluding steroid dienone is 6. The average Bonchev–Trinajstić information content (AvgIpc) is 3.48. The molecule has 3 unspecified atom stereocenters. The summed E-state index contributed by atoms with van der Waals surface area (Å²) < 4.78 is 15.0. The first-order valence-electron chi connectivity index (χ1n) is 13.3. The molecule has 3 atom stereocenters. The Morgan fingerprint density at radius 2 is 1.82 bits per heavy atom. The van der Waals surface area contributed by atoms with E-state index >= 15 is 4.39 Å². The summed E-state index contributed by atoms with van der Waals surface area (Å²) in [5, 5.41) is 0. The molecule has 0 amide bonds. The van der Waals surface area contributed by atoms with Crippen LogP contribution in [0.5, 0.6) is 0 Å². The number of rotatable bonds is 8. The second-order valence-corrected chi connectivity index (χ2v) is 10.5. The molecule has 0 saturated heterocycles. The molecule has 2 aliphatic rings. The molecule has 4 rings (SSSR count). The van der Waals surface area contributed by atoms with Gasteiger partial charge in [0.15, 0.2) is 0 Å². The van der Waals surface area contributed by atoms with Crippen LogP contribution in [0.25, 0.3) is 11.1 Å². The van der Waals surface area contributed by atoms with Gasteiger partial charge in [0.05, 0.1) is 0 Å². The van der Waals surface area contributed by atoms with Gasteiger partial charge in [-0.25, -0.2) is 4.39 Å². The zero-order chi connectivity index (χ0) is 24.4. The topological polar surface area (TPSA) is 0 Å². The first-order chi connectivity index (χ1) is 16.4. The minimum Gasteiger partial charge on any atom is -0.207 e. The Balaban J connectivity index is 1.62. The van der Waals surface area contributed by atoms with Crippen LogP contribution in [0.2, 0.25) is 0 Å². The van der Waals surface area contributed by atoms with Gasteiger partial charge in [-0.05, 0) is 140 Å². The first kappa shape index (κ1) is 24.7. The number of fused-ring (bicyclic) bond motifs is 1. The third-order valence-electron chi connectivity index (χ3n) is 8.06. The molecule has 0 N–H and O–H groups in total. The fourth-order valence-corrected chi connectivity index (χ4v) is 6.26. The smallest absolute Gasteiger partial charge is 0.126 e. The maximum absolute atomic E-state index is 15.0. The summed E-state index contributed by atoms with van der Waals surface area (Å²) in [6.45, 7) is 13.1. The summed E-state index contributed by atoms with van der Waals surface area (Å²) in [6, 6.07) is 10.3. The normalized spacial score (nSPS) is 23.0. The van der Waals surface area contributed by atoms with E-state index in [1.54, 1.807) is 11.6 Å². The van der Waals surface area contributed by atoms with Crippen LogP contribution in [0.3, 0.4) is 0 Å². The summed E-state index contributed by atoms with van der Waals surface area (Å²) in [7, 11) is 0. The number of halogens is 1. The first-order valence-corrected chi connectivity index (χ1v) is 13.3. The van der Waals surface area contributed by atoms with Crippen molar-refractivity contribution in [3.63, 3.8) is 0 Å². The zero-order valence-electron chi connectivity index (χ0n) is 22.0. The molecule has 0 heterocycles. The minimum absolute atomic E-state index is 0.0838. The highest BCUT2D eigenvalue weighted by Crippen LogP contribution is 2.57. The van der Waals surface area contributed by atoms with E-state index in [0.717, 1.165) is 48.6 Å². The van der Waals surface area contributed by atoms with Crippen LogP contribution in [0.15, 0.2) is 65.3 Å². The van der Waals surface area contributed by atoms with Gasteiger partial charge in [0.25, 0.3) is 0 Å². The highest BCUT2D eigenvalue weighted by Gasteiger charge is 2.46. The van der Waals surface area contributed by atoms with Crippen LogP contribution in [-0.4, -0.2) is 0 Å². The predicted octanol–water partition coefficient (Wildman–Crippen LogP) is 9.49. The van der Waals surface area contributed by atoms with Crippen molar-refractivity contribution in [3.8, 4) is 11.1 Å². The highest BCUT2D eigenvalue weighted by molar-refractivity contribution is 5.72. The molecular formula is C33H41F. The van der Waals surface area contributed by atoms with Gasteiger partial charge >= 0.3 is 0 Å². The third kappa shape index (κ3) is 4.99. The second kappa shape index (κ2) is 10.5.